The van der Waals surface area contributed by atoms with Gasteiger partial charge in [-0.2, -0.15) is 13.2 Å². The van der Waals surface area contributed by atoms with Crippen molar-refractivity contribution in [2.24, 2.45) is 0 Å². The lowest BCUT2D eigenvalue weighted by atomic mass is 10.2. The maximum absolute atomic E-state index is 13.3. The Morgan fingerprint density at radius 2 is 2.00 bits per heavy atom. The van der Waals surface area contributed by atoms with Crippen LogP contribution in [0.1, 0.15) is 48.0 Å². The molecule has 1 fully saturated rings. The molecule has 10 heteroatoms. The summed E-state index contributed by atoms with van der Waals surface area (Å²) in [5, 5.41) is 1.24. The number of aryl methyl sites for hydroxylation is 2. The molecular formula is C19H21F3N4OS2. The summed E-state index contributed by atoms with van der Waals surface area (Å²) in [6.07, 6.45) is 2.37. The minimum atomic E-state index is -4.31. The van der Waals surface area contributed by atoms with Crippen LogP contribution in [0.3, 0.4) is 0 Å². The maximum atomic E-state index is 13.3. The SMILES string of the molecule is Cc1sc2nc(SCc3nccn3CC(F)(F)F)n(C3CCCC3)c(=O)c2c1C. The summed E-state index contributed by atoms with van der Waals surface area (Å²) in [4.78, 5) is 23.9. The highest BCUT2D eigenvalue weighted by molar-refractivity contribution is 7.98. The molecule has 4 rings (SSSR count). The lowest BCUT2D eigenvalue weighted by molar-refractivity contribution is -0.140. The van der Waals surface area contributed by atoms with E-state index >= 15 is 0 Å². The van der Waals surface area contributed by atoms with Crippen LogP contribution < -0.4 is 5.56 Å². The third-order valence-electron chi connectivity index (χ3n) is 5.37. The summed E-state index contributed by atoms with van der Waals surface area (Å²) in [5.41, 5.74) is 0.927. The van der Waals surface area contributed by atoms with Crippen LogP contribution in [-0.2, 0) is 12.3 Å². The Labute approximate surface area is 174 Å². The minimum Gasteiger partial charge on any atom is -0.325 e. The Bertz CT molecular complexity index is 1090. The Morgan fingerprint density at radius 3 is 2.69 bits per heavy atom. The van der Waals surface area contributed by atoms with Gasteiger partial charge in [-0.3, -0.25) is 9.36 Å². The number of fused-ring (bicyclic) bond motifs is 1. The van der Waals surface area contributed by atoms with Gasteiger partial charge in [-0.15, -0.1) is 11.3 Å². The van der Waals surface area contributed by atoms with Crippen molar-refractivity contribution in [3.63, 3.8) is 0 Å². The zero-order chi connectivity index (χ0) is 20.8. The molecule has 1 saturated carbocycles. The number of alkyl halides is 3. The molecule has 156 valence electrons. The molecule has 0 N–H and O–H groups in total. The number of rotatable bonds is 5. The Hall–Kier alpha value is -1.81. The number of aromatic nitrogens is 4. The van der Waals surface area contributed by atoms with Gasteiger partial charge in [-0.25, -0.2) is 9.97 Å². The van der Waals surface area contributed by atoms with Crippen molar-refractivity contribution in [1.29, 1.82) is 0 Å². The first-order chi connectivity index (χ1) is 13.7. The summed E-state index contributed by atoms with van der Waals surface area (Å²) in [7, 11) is 0. The van der Waals surface area contributed by atoms with E-state index in [2.05, 4.69) is 4.98 Å². The molecule has 3 heterocycles. The van der Waals surface area contributed by atoms with E-state index in [1.807, 2.05) is 13.8 Å². The van der Waals surface area contributed by atoms with Gasteiger partial charge in [0.2, 0.25) is 0 Å². The molecule has 3 aromatic rings. The Morgan fingerprint density at radius 1 is 1.28 bits per heavy atom. The van der Waals surface area contributed by atoms with E-state index < -0.39 is 12.7 Å². The van der Waals surface area contributed by atoms with Gasteiger partial charge in [0.25, 0.3) is 5.56 Å². The van der Waals surface area contributed by atoms with Crippen molar-refractivity contribution < 1.29 is 13.2 Å². The van der Waals surface area contributed by atoms with Gasteiger partial charge in [0.05, 0.1) is 11.1 Å². The number of hydrogen-bond donors (Lipinski definition) is 0. The zero-order valence-corrected chi connectivity index (χ0v) is 17.8. The third-order valence-corrected chi connectivity index (χ3v) is 7.42. The topological polar surface area (TPSA) is 52.7 Å². The van der Waals surface area contributed by atoms with Crippen LogP contribution in [0, 0.1) is 13.8 Å². The van der Waals surface area contributed by atoms with Crippen LogP contribution in [0.2, 0.25) is 0 Å². The van der Waals surface area contributed by atoms with Crippen molar-refractivity contribution in [3.8, 4) is 0 Å². The van der Waals surface area contributed by atoms with Crippen molar-refractivity contribution >= 4 is 33.3 Å². The molecule has 0 atom stereocenters. The van der Waals surface area contributed by atoms with E-state index in [1.54, 1.807) is 4.57 Å². The van der Waals surface area contributed by atoms with E-state index in [1.165, 1.54) is 35.5 Å². The van der Waals surface area contributed by atoms with E-state index in [-0.39, 0.29) is 17.4 Å². The number of halogens is 3. The standard InChI is InChI=1S/C19H21F3N4OS2/c1-11-12(2)29-16-15(11)17(27)26(13-5-3-4-6-13)18(24-16)28-9-14-23-7-8-25(14)10-19(20,21)22/h7-8,13H,3-6,9-10H2,1-2H3. The van der Waals surface area contributed by atoms with E-state index in [4.69, 9.17) is 4.98 Å². The fourth-order valence-corrected chi connectivity index (χ4v) is 5.92. The molecule has 0 saturated heterocycles. The Kier molecular flexibility index (Phi) is 5.50. The monoisotopic (exact) mass is 442 g/mol. The zero-order valence-electron chi connectivity index (χ0n) is 16.1. The third kappa shape index (κ3) is 4.09. The summed E-state index contributed by atoms with van der Waals surface area (Å²) < 4.78 is 41.2. The van der Waals surface area contributed by atoms with E-state index in [9.17, 15) is 18.0 Å². The van der Waals surface area contributed by atoms with Crippen molar-refractivity contribution in [2.75, 3.05) is 0 Å². The van der Waals surface area contributed by atoms with Crippen LogP contribution >= 0.6 is 23.1 Å². The second-order valence-corrected chi connectivity index (χ2v) is 9.49. The molecule has 5 nitrogen and oxygen atoms in total. The molecule has 0 unspecified atom stereocenters. The van der Waals surface area contributed by atoms with Gasteiger partial charge in [-0.05, 0) is 32.3 Å². The second kappa shape index (κ2) is 7.79. The highest BCUT2D eigenvalue weighted by Gasteiger charge is 2.29. The van der Waals surface area contributed by atoms with Crippen LogP contribution in [0.5, 0.6) is 0 Å². The first-order valence-electron chi connectivity index (χ1n) is 9.46. The Balaban J connectivity index is 1.71. The quantitative estimate of drug-likeness (QED) is 0.401. The smallest absolute Gasteiger partial charge is 0.325 e. The second-order valence-electron chi connectivity index (χ2n) is 7.35. The first-order valence-corrected chi connectivity index (χ1v) is 11.3. The first kappa shape index (κ1) is 20.5. The van der Waals surface area contributed by atoms with Gasteiger partial charge < -0.3 is 4.57 Å². The lowest BCUT2D eigenvalue weighted by Crippen LogP contribution is -2.26. The van der Waals surface area contributed by atoms with Crippen molar-refractivity contribution in [2.45, 2.75) is 69.2 Å². The lowest BCUT2D eigenvalue weighted by Gasteiger charge is -2.18. The number of imidazole rings is 1. The fourth-order valence-electron chi connectivity index (χ4n) is 3.82. The molecule has 0 bridgehead atoms. The predicted molar refractivity (Wildman–Crippen MR) is 109 cm³/mol. The average Bonchev–Trinajstić information content (AvgIpc) is 3.35. The van der Waals surface area contributed by atoms with Crippen LogP contribution in [0.4, 0.5) is 13.2 Å². The van der Waals surface area contributed by atoms with Crippen LogP contribution in [0.25, 0.3) is 10.2 Å². The molecule has 3 aromatic heterocycles. The molecule has 0 aromatic carbocycles. The molecule has 0 amide bonds. The fraction of sp³-hybridized carbons (Fsp3) is 0.526. The number of hydrogen-bond acceptors (Lipinski definition) is 5. The van der Waals surface area contributed by atoms with Crippen LogP contribution in [0.15, 0.2) is 22.3 Å². The largest absolute Gasteiger partial charge is 0.406 e. The molecule has 0 radical (unpaired) electrons. The van der Waals surface area contributed by atoms with Crippen molar-refractivity contribution in [3.05, 3.63) is 39.0 Å². The van der Waals surface area contributed by atoms with E-state index in [0.29, 0.717) is 21.2 Å². The summed E-state index contributed by atoms with van der Waals surface area (Å²) in [6, 6.07) is 0.0939. The number of nitrogens with zero attached hydrogens (tertiary/aromatic N) is 4. The predicted octanol–water partition coefficient (Wildman–Crippen LogP) is 5.24. The highest BCUT2D eigenvalue weighted by Crippen LogP contribution is 2.35. The number of thiophene rings is 1. The number of thioether (sulfide) groups is 1. The summed E-state index contributed by atoms with van der Waals surface area (Å²) in [6.45, 7) is 2.84. The minimum absolute atomic E-state index is 0.0371. The van der Waals surface area contributed by atoms with Gasteiger partial charge in [0.15, 0.2) is 5.16 Å². The molecular weight excluding hydrogens is 421 g/mol. The molecule has 0 spiro atoms. The van der Waals surface area contributed by atoms with Gasteiger partial charge in [0, 0.05) is 23.3 Å². The summed E-state index contributed by atoms with van der Waals surface area (Å²) in [5.74, 6) is 0.537. The van der Waals surface area contributed by atoms with Crippen LogP contribution in [-0.4, -0.2) is 25.3 Å². The van der Waals surface area contributed by atoms with Gasteiger partial charge >= 0.3 is 6.18 Å². The van der Waals surface area contributed by atoms with Gasteiger partial charge in [-0.1, -0.05) is 24.6 Å². The molecule has 1 aliphatic carbocycles. The van der Waals surface area contributed by atoms with Crippen molar-refractivity contribution in [1.82, 2.24) is 19.1 Å². The molecule has 29 heavy (non-hydrogen) atoms. The molecule has 0 aliphatic heterocycles. The highest BCUT2D eigenvalue weighted by atomic mass is 32.2. The maximum Gasteiger partial charge on any atom is 0.406 e. The average molecular weight is 443 g/mol. The normalized spacial score (nSPS) is 15.6. The van der Waals surface area contributed by atoms with Gasteiger partial charge in [0.1, 0.15) is 17.2 Å². The summed E-state index contributed by atoms with van der Waals surface area (Å²) >= 11 is 2.77. The molecule has 1 aliphatic rings. The van der Waals surface area contributed by atoms with E-state index in [0.717, 1.165) is 40.7 Å².